The van der Waals surface area contributed by atoms with Gasteiger partial charge >= 0.3 is 0 Å². The van der Waals surface area contributed by atoms with Gasteiger partial charge in [0.25, 0.3) is 0 Å². The minimum absolute atomic E-state index is 0.0315. The van der Waals surface area contributed by atoms with Gasteiger partial charge in [-0.05, 0) is 36.7 Å². The van der Waals surface area contributed by atoms with Crippen LogP contribution in [-0.2, 0) is 17.8 Å². The standard InChI is InChI=1S/C20H22FN5O/c21-17-6-2-1-4-14(17)12-18(27)23-10-11-26-20-16(5-3-8-24-20)19(25-26)15-7-9-22-13-15/h1-6,8,15,22H,7,9-13H2,(H,23,27). The molecule has 2 aromatic heterocycles. The number of benzene rings is 1. The molecule has 0 aliphatic carbocycles. The van der Waals surface area contributed by atoms with Crippen molar-refractivity contribution in [1.29, 1.82) is 0 Å². The molecule has 2 N–H and O–H groups in total. The molecule has 3 aromatic rings. The summed E-state index contributed by atoms with van der Waals surface area (Å²) < 4.78 is 15.5. The van der Waals surface area contributed by atoms with E-state index in [9.17, 15) is 9.18 Å². The van der Waals surface area contributed by atoms with Crippen LogP contribution in [0.25, 0.3) is 11.0 Å². The monoisotopic (exact) mass is 367 g/mol. The third-order valence-electron chi connectivity index (χ3n) is 4.94. The van der Waals surface area contributed by atoms with Crippen LogP contribution >= 0.6 is 0 Å². The van der Waals surface area contributed by atoms with E-state index in [1.807, 2.05) is 10.7 Å². The Morgan fingerprint density at radius 2 is 2.19 bits per heavy atom. The van der Waals surface area contributed by atoms with Crippen LogP contribution in [0.15, 0.2) is 42.6 Å². The summed E-state index contributed by atoms with van der Waals surface area (Å²) in [4.78, 5) is 16.6. The van der Waals surface area contributed by atoms with Crippen molar-refractivity contribution in [3.63, 3.8) is 0 Å². The number of rotatable bonds is 6. The van der Waals surface area contributed by atoms with Crippen LogP contribution in [0.4, 0.5) is 4.39 Å². The summed E-state index contributed by atoms with van der Waals surface area (Å²) in [6.45, 7) is 2.88. The molecule has 4 rings (SSSR count). The molecule has 0 saturated carbocycles. The number of pyridine rings is 1. The summed E-state index contributed by atoms with van der Waals surface area (Å²) in [6.07, 6.45) is 2.86. The van der Waals surface area contributed by atoms with E-state index in [0.717, 1.165) is 36.2 Å². The molecule has 1 atom stereocenters. The number of nitrogens with zero attached hydrogens (tertiary/aromatic N) is 3. The smallest absolute Gasteiger partial charge is 0.224 e. The Kier molecular flexibility index (Phi) is 5.11. The predicted molar refractivity (Wildman–Crippen MR) is 101 cm³/mol. The molecular weight excluding hydrogens is 345 g/mol. The molecule has 140 valence electrons. The molecule has 1 aliphatic heterocycles. The molecule has 1 aliphatic rings. The number of hydrogen-bond acceptors (Lipinski definition) is 4. The van der Waals surface area contributed by atoms with Crippen molar-refractivity contribution in [3.8, 4) is 0 Å². The van der Waals surface area contributed by atoms with Gasteiger partial charge in [0.05, 0.1) is 18.7 Å². The highest BCUT2D eigenvalue weighted by Gasteiger charge is 2.23. The molecule has 7 heteroatoms. The van der Waals surface area contributed by atoms with Gasteiger partial charge in [-0.2, -0.15) is 5.10 Å². The quantitative estimate of drug-likeness (QED) is 0.699. The van der Waals surface area contributed by atoms with Crippen molar-refractivity contribution in [3.05, 3.63) is 59.7 Å². The number of fused-ring (bicyclic) bond motifs is 1. The van der Waals surface area contributed by atoms with E-state index >= 15 is 0 Å². The van der Waals surface area contributed by atoms with Gasteiger partial charge in [0.15, 0.2) is 5.65 Å². The number of carbonyl (C=O) groups is 1. The fraction of sp³-hybridized carbons (Fsp3) is 0.350. The highest BCUT2D eigenvalue weighted by Crippen LogP contribution is 2.27. The van der Waals surface area contributed by atoms with Gasteiger partial charge in [-0.3, -0.25) is 4.79 Å². The molecule has 27 heavy (non-hydrogen) atoms. The Hall–Kier alpha value is -2.80. The minimum Gasteiger partial charge on any atom is -0.354 e. The zero-order valence-corrected chi connectivity index (χ0v) is 15.0. The van der Waals surface area contributed by atoms with E-state index in [-0.39, 0.29) is 18.1 Å². The zero-order valence-electron chi connectivity index (χ0n) is 15.0. The van der Waals surface area contributed by atoms with Gasteiger partial charge in [0.2, 0.25) is 5.91 Å². The largest absolute Gasteiger partial charge is 0.354 e. The maximum Gasteiger partial charge on any atom is 0.224 e. The summed E-state index contributed by atoms with van der Waals surface area (Å²) in [5, 5.41) is 12.1. The lowest BCUT2D eigenvalue weighted by atomic mass is 10.0. The SMILES string of the molecule is O=C(Cc1ccccc1F)NCCn1nc(C2CCNC2)c2cccnc21. The Bertz CT molecular complexity index is 948. The molecule has 1 unspecified atom stereocenters. The van der Waals surface area contributed by atoms with Crippen molar-refractivity contribution in [2.45, 2.75) is 25.3 Å². The molecule has 0 bridgehead atoms. The molecule has 0 radical (unpaired) electrons. The van der Waals surface area contributed by atoms with Crippen LogP contribution in [0, 0.1) is 5.82 Å². The second-order valence-corrected chi connectivity index (χ2v) is 6.79. The summed E-state index contributed by atoms with van der Waals surface area (Å²) in [6, 6.07) is 10.3. The van der Waals surface area contributed by atoms with E-state index in [1.54, 1.807) is 24.4 Å². The number of amides is 1. The third kappa shape index (κ3) is 3.83. The average molecular weight is 367 g/mol. The lowest BCUT2D eigenvalue weighted by Crippen LogP contribution is -2.29. The van der Waals surface area contributed by atoms with Crippen molar-refractivity contribution in [1.82, 2.24) is 25.4 Å². The Balaban J connectivity index is 1.42. The zero-order chi connectivity index (χ0) is 18.6. The number of halogens is 1. The van der Waals surface area contributed by atoms with Crippen molar-refractivity contribution in [2.75, 3.05) is 19.6 Å². The molecule has 1 aromatic carbocycles. The van der Waals surface area contributed by atoms with Gasteiger partial charge in [-0.25, -0.2) is 14.1 Å². The second-order valence-electron chi connectivity index (χ2n) is 6.79. The van der Waals surface area contributed by atoms with E-state index in [0.29, 0.717) is 24.6 Å². The van der Waals surface area contributed by atoms with Crippen molar-refractivity contribution < 1.29 is 9.18 Å². The normalized spacial score (nSPS) is 16.7. The number of carbonyl (C=O) groups excluding carboxylic acids is 1. The van der Waals surface area contributed by atoms with E-state index in [4.69, 9.17) is 5.10 Å². The van der Waals surface area contributed by atoms with E-state index in [2.05, 4.69) is 21.7 Å². The first kappa shape index (κ1) is 17.6. The molecule has 1 amide bonds. The molecule has 0 spiro atoms. The first-order valence-electron chi connectivity index (χ1n) is 9.24. The number of nitrogens with one attached hydrogen (secondary N) is 2. The molecule has 1 saturated heterocycles. The van der Waals surface area contributed by atoms with Crippen LogP contribution in [-0.4, -0.2) is 40.3 Å². The number of hydrogen-bond donors (Lipinski definition) is 2. The van der Waals surface area contributed by atoms with Crippen LogP contribution in [0.3, 0.4) is 0 Å². The third-order valence-corrected chi connectivity index (χ3v) is 4.94. The maximum atomic E-state index is 13.7. The fourth-order valence-electron chi connectivity index (χ4n) is 3.56. The van der Waals surface area contributed by atoms with Crippen LogP contribution in [0.1, 0.15) is 23.6 Å². The van der Waals surface area contributed by atoms with Gasteiger partial charge in [0.1, 0.15) is 5.82 Å². The molecule has 6 nitrogen and oxygen atoms in total. The lowest BCUT2D eigenvalue weighted by Gasteiger charge is -2.07. The lowest BCUT2D eigenvalue weighted by molar-refractivity contribution is -0.120. The first-order valence-corrected chi connectivity index (χ1v) is 9.24. The maximum absolute atomic E-state index is 13.7. The van der Waals surface area contributed by atoms with Crippen LogP contribution < -0.4 is 10.6 Å². The molecule has 1 fully saturated rings. The fourth-order valence-corrected chi connectivity index (χ4v) is 3.56. The van der Waals surface area contributed by atoms with Gasteiger partial charge in [-0.1, -0.05) is 18.2 Å². The van der Waals surface area contributed by atoms with Gasteiger partial charge in [0, 0.05) is 30.6 Å². The summed E-state index contributed by atoms with van der Waals surface area (Å²) in [5.74, 6) is -0.164. The van der Waals surface area contributed by atoms with Gasteiger partial charge < -0.3 is 10.6 Å². The average Bonchev–Trinajstić information content (AvgIpc) is 3.32. The Morgan fingerprint density at radius 3 is 3.00 bits per heavy atom. The minimum atomic E-state index is -0.357. The predicted octanol–water partition coefficient (Wildman–Crippen LogP) is 2.01. The summed E-state index contributed by atoms with van der Waals surface area (Å²) in [7, 11) is 0. The Morgan fingerprint density at radius 1 is 1.30 bits per heavy atom. The van der Waals surface area contributed by atoms with Crippen molar-refractivity contribution >= 4 is 16.9 Å². The topological polar surface area (TPSA) is 71.8 Å². The van der Waals surface area contributed by atoms with Gasteiger partial charge in [-0.15, -0.1) is 0 Å². The second kappa shape index (κ2) is 7.84. The van der Waals surface area contributed by atoms with E-state index < -0.39 is 0 Å². The van der Waals surface area contributed by atoms with Crippen LogP contribution in [0.5, 0.6) is 0 Å². The highest BCUT2D eigenvalue weighted by molar-refractivity contribution is 5.79. The molecular formula is C20H22FN5O. The molecule has 3 heterocycles. The summed E-state index contributed by atoms with van der Waals surface area (Å²) in [5.41, 5.74) is 2.31. The van der Waals surface area contributed by atoms with E-state index in [1.165, 1.54) is 6.07 Å². The Labute approximate surface area is 156 Å². The number of aromatic nitrogens is 3. The summed E-state index contributed by atoms with van der Waals surface area (Å²) >= 11 is 0. The first-order chi connectivity index (χ1) is 13.2. The van der Waals surface area contributed by atoms with Crippen molar-refractivity contribution in [2.24, 2.45) is 0 Å². The van der Waals surface area contributed by atoms with Crippen LogP contribution in [0.2, 0.25) is 0 Å². The highest BCUT2D eigenvalue weighted by atomic mass is 19.1.